The fourth-order valence-corrected chi connectivity index (χ4v) is 2.87. The van der Waals surface area contributed by atoms with Gasteiger partial charge in [0.1, 0.15) is 11.9 Å². The first-order chi connectivity index (χ1) is 8.92. The van der Waals surface area contributed by atoms with Crippen molar-refractivity contribution < 1.29 is 4.74 Å². The Labute approximate surface area is 109 Å². The first kappa shape index (κ1) is 12.0. The monoisotopic (exact) mass is 246 g/mol. The van der Waals surface area contributed by atoms with Gasteiger partial charge >= 0.3 is 0 Å². The summed E-state index contributed by atoms with van der Waals surface area (Å²) in [6, 6.07) is 8.37. The fourth-order valence-electron chi connectivity index (χ4n) is 2.87. The van der Waals surface area contributed by atoms with Crippen LogP contribution in [0.4, 0.5) is 0 Å². The van der Waals surface area contributed by atoms with Gasteiger partial charge in [-0.3, -0.25) is 0 Å². The van der Waals surface area contributed by atoms with Crippen LogP contribution in [0.25, 0.3) is 0 Å². The highest BCUT2D eigenvalue weighted by Crippen LogP contribution is 2.27. The first-order valence-corrected chi connectivity index (χ1v) is 7.09. The van der Waals surface area contributed by atoms with Gasteiger partial charge in [-0.25, -0.2) is 0 Å². The standard InChI is InChI=1S/C15H22N2O/c1-2-6-15-13(5-1)11-14(18-15)12-16-7-10-17-8-3-4-9-17/h1-2,5-6,14,16H,3-4,7-12H2. The van der Waals surface area contributed by atoms with Crippen LogP contribution in [-0.4, -0.2) is 43.7 Å². The molecule has 0 saturated carbocycles. The minimum atomic E-state index is 0.320. The Morgan fingerprint density at radius 1 is 1.22 bits per heavy atom. The topological polar surface area (TPSA) is 24.5 Å². The molecule has 2 aliphatic heterocycles. The summed E-state index contributed by atoms with van der Waals surface area (Å²) in [5.41, 5.74) is 1.35. The second kappa shape index (κ2) is 5.72. The van der Waals surface area contributed by atoms with Crippen LogP contribution in [0, 0.1) is 0 Å². The van der Waals surface area contributed by atoms with E-state index < -0.39 is 0 Å². The summed E-state index contributed by atoms with van der Waals surface area (Å²) in [6.45, 7) is 5.79. The van der Waals surface area contributed by atoms with Crippen LogP contribution >= 0.6 is 0 Å². The van der Waals surface area contributed by atoms with E-state index in [0.29, 0.717) is 6.10 Å². The minimum Gasteiger partial charge on any atom is -0.488 e. The second-order valence-electron chi connectivity index (χ2n) is 5.30. The van der Waals surface area contributed by atoms with E-state index >= 15 is 0 Å². The molecule has 3 rings (SSSR count). The summed E-state index contributed by atoms with van der Waals surface area (Å²) < 4.78 is 5.90. The van der Waals surface area contributed by atoms with Crippen molar-refractivity contribution in [1.82, 2.24) is 10.2 Å². The molecule has 1 saturated heterocycles. The zero-order valence-corrected chi connectivity index (χ0v) is 10.9. The second-order valence-corrected chi connectivity index (χ2v) is 5.30. The van der Waals surface area contributed by atoms with Crippen molar-refractivity contribution in [2.45, 2.75) is 25.4 Å². The predicted molar refractivity (Wildman–Crippen MR) is 73.1 cm³/mol. The van der Waals surface area contributed by atoms with E-state index in [2.05, 4.69) is 28.4 Å². The zero-order valence-electron chi connectivity index (χ0n) is 10.9. The normalized spacial score (nSPS) is 23.0. The molecule has 3 nitrogen and oxygen atoms in total. The number of para-hydroxylation sites is 1. The molecule has 0 bridgehead atoms. The number of benzene rings is 1. The maximum Gasteiger partial charge on any atom is 0.123 e. The van der Waals surface area contributed by atoms with Crippen LogP contribution in [0.2, 0.25) is 0 Å². The highest BCUT2D eigenvalue weighted by molar-refractivity contribution is 5.37. The third kappa shape index (κ3) is 2.85. The SMILES string of the molecule is c1ccc2c(c1)CC(CNCCN1CCCC1)O2. The molecule has 2 heterocycles. The summed E-state index contributed by atoms with van der Waals surface area (Å²) in [6.07, 6.45) is 4.12. The van der Waals surface area contributed by atoms with Gasteiger partial charge in [-0.05, 0) is 37.6 Å². The summed E-state index contributed by atoms with van der Waals surface area (Å²) in [5.74, 6) is 1.07. The van der Waals surface area contributed by atoms with Gasteiger partial charge in [0.15, 0.2) is 0 Å². The molecule has 1 aromatic rings. The number of ether oxygens (including phenoxy) is 1. The maximum absolute atomic E-state index is 5.90. The molecule has 18 heavy (non-hydrogen) atoms. The van der Waals surface area contributed by atoms with Gasteiger partial charge in [0.2, 0.25) is 0 Å². The van der Waals surface area contributed by atoms with Gasteiger partial charge in [-0.2, -0.15) is 0 Å². The van der Waals surface area contributed by atoms with E-state index in [4.69, 9.17) is 4.74 Å². The Bertz CT molecular complexity index is 363. The average Bonchev–Trinajstić information content (AvgIpc) is 3.03. The van der Waals surface area contributed by atoms with E-state index in [9.17, 15) is 0 Å². The summed E-state index contributed by atoms with van der Waals surface area (Å²) in [7, 11) is 0. The third-order valence-electron chi connectivity index (χ3n) is 3.89. The minimum absolute atomic E-state index is 0.320. The third-order valence-corrected chi connectivity index (χ3v) is 3.89. The van der Waals surface area contributed by atoms with Gasteiger partial charge < -0.3 is 15.0 Å². The molecule has 1 aromatic carbocycles. The molecule has 0 radical (unpaired) electrons. The maximum atomic E-state index is 5.90. The Morgan fingerprint density at radius 2 is 2.06 bits per heavy atom. The molecule has 3 heteroatoms. The lowest BCUT2D eigenvalue weighted by atomic mass is 10.1. The number of hydrogen-bond donors (Lipinski definition) is 1. The number of hydrogen-bond acceptors (Lipinski definition) is 3. The zero-order chi connectivity index (χ0) is 12.2. The van der Waals surface area contributed by atoms with E-state index in [1.165, 1.54) is 38.0 Å². The number of rotatable bonds is 5. The molecule has 1 N–H and O–H groups in total. The van der Waals surface area contributed by atoms with Crippen LogP contribution in [0.3, 0.4) is 0 Å². The lowest BCUT2D eigenvalue weighted by Crippen LogP contribution is -2.35. The van der Waals surface area contributed by atoms with Crippen molar-refractivity contribution in [2.75, 3.05) is 32.7 Å². The Morgan fingerprint density at radius 3 is 2.89 bits per heavy atom. The van der Waals surface area contributed by atoms with Crippen LogP contribution in [-0.2, 0) is 6.42 Å². The van der Waals surface area contributed by atoms with Gasteiger partial charge in [0.25, 0.3) is 0 Å². The lowest BCUT2D eigenvalue weighted by molar-refractivity contribution is 0.224. The first-order valence-electron chi connectivity index (χ1n) is 7.09. The largest absolute Gasteiger partial charge is 0.488 e. The van der Waals surface area contributed by atoms with Gasteiger partial charge in [-0.1, -0.05) is 18.2 Å². The fraction of sp³-hybridized carbons (Fsp3) is 0.600. The van der Waals surface area contributed by atoms with Crippen LogP contribution in [0.15, 0.2) is 24.3 Å². The highest BCUT2D eigenvalue weighted by Gasteiger charge is 2.21. The lowest BCUT2D eigenvalue weighted by Gasteiger charge is -2.16. The molecular weight excluding hydrogens is 224 g/mol. The van der Waals surface area contributed by atoms with Gasteiger partial charge in [-0.15, -0.1) is 0 Å². The molecule has 2 aliphatic rings. The molecule has 0 aromatic heterocycles. The van der Waals surface area contributed by atoms with E-state index in [1.807, 2.05) is 6.07 Å². The Kier molecular flexibility index (Phi) is 3.81. The number of nitrogens with one attached hydrogen (secondary N) is 1. The van der Waals surface area contributed by atoms with E-state index in [1.54, 1.807) is 0 Å². The number of fused-ring (bicyclic) bond motifs is 1. The van der Waals surface area contributed by atoms with Crippen LogP contribution in [0.5, 0.6) is 5.75 Å². The van der Waals surface area contributed by atoms with Crippen molar-refractivity contribution >= 4 is 0 Å². The van der Waals surface area contributed by atoms with E-state index in [-0.39, 0.29) is 0 Å². The molecule has 0 spiro atoms. The molecule has 1 atom stereocenters. The highest BCUT2D eigenvalue weighted by atomic mass is 16.5. The van der Waals surface area contributed by atoms with Crippen LogP contribution in [0.1, 0.15) is 18.4 Å². The molecular formula is C15H22N2O. The quantitative estimate of drug-likeness (QED) is 0.800. The van der Waals surface area contributed by atoms with Crippen molar-refractivity contribution in [3.63, 3.8) is 0 Å². The Balaban J connectivity index is 1.35. The van der Waals surface area contributed by atoms with Crippen LogP contribution < -0.4 is 10.1 Å². The van der Waals surface area contributed by atoms with Crippen molar-refractivity contribution in [3.8, 4) is 5.75 Å². The van der Waals surface area contributed by atoms with Gasteiger partial charge in [0.05, 0.1) is 0 Å². The van der Waals surface area contributed by atoms with Crippen molar-refractivity contribution in [2.24, 2.45) is 0 Å². The summed E-state index contributed by atoms with van der Waals surface area (Å²) in [4.78, 5) is 2.54. The summed E-state index contributed by atoms with van der Waals surface area (Å²) in [5, 5.41) is 3.52. The number of nitrogens with zero attached hydrogens (tertiary/aromatic N) is 1. The molecule has 1 unspecified atom stereocenters. The molecule has 98 valence electrons. The van der Waals surface area contributed by atoms with Gasteiger partial charge in [0, 0.05) is 26.1 Å². The molecule has 0 aliphatic carbocycles. The summed E-state index contributed by atoms with van der Waals surface area (Å²) >= 11 is 0. The van der Waals surface area contributed by atoms with E-state index in [0.717, 1.165) is 25.3 Å². The Hall–Kier alpha value is -1.06. The average molecular weight is 246 g/mol. The van der Waals surface area contributed by atoms with Crippen molar-refractivity contribution in [3.05, 3.63) is 29.8 Å². The van der Waals surface area contributed by atoms with Crippen molar-refractivity contribution in [1.29, 1.82) is 0 Å². The smallest absolute Gasteiger partial charge is 0.123 e. The predicted octanol–water partition coefficient (Wildman–Crippen LogP) is 1.68. The molecule has 0 amide bonds. The molecule has 1 fully saturated rings. The number of likely N-dealkylation sites (tertiary alicyclic amines) is 1.